The fourth-order valence-corrected chi connectivity index (χ4v) is 6.73. The summed E-state index contributed by atoms with van der Waals surface area (Å²) in [7, 11) is 0. The van der Waals surface area contributed by atoms with Gasteiger partial charge < -0.3 is 20.3 Å². The molecule has 0 rings (SSSR count). The van der Waals surface area contributed by atoms with E-state index in [4.69, 9.17) is 4.74 Å². The van der Waals surface area contributed by atoms with Crippen molar-refractivity contribution in [3.8, 4) is 0 Å². The van der Waals surface area contributed by atoms with Gasteiger partial charge >= 0.3 is 5.97 Å². The van der Waals surface area contributed by atoms with Gasteiger partial charge in [0.25, 0.3) is 0 Å². The third-order valence-electron chi connectivity index (χ3n) is 10.5. The first kappa shape index (κ1) is 57.5. The highest BCUT2D eigenvalue weighted by Crippen LogP contribution is 2.15. The molecule has 0 heterocycles. The van der Waals surface area contributed by atoms with Crippen LogP contribution in [-0.2, 0) is 14.3 Å². The van der Waals surface area contributed by atoms with E-state index in [1.807, 2.05) is 54.7 Å². The second-order valence-corrected chi connectivity index (χ2v) is 16.3. The van der Waals surface area contributed by atoms with Gasteiger partial charge in [-0.3, -0.25) is 9.59 Å². The molecule has 3 atom stereocenters. The Bertz CT molecular complexity index is 1270. The van der Waals surface area contributed by atoms with Crippen molar-refractivity contribution in [3.63, 3.8) is 0 Å². The molecule has 1 amide bonds. The van der Waals surface area contributed by atoms with Gasteiger partial charge in [0, 0.05) is 12.8 Å². The number of aliphatic hydroxyl groups excluding tert-OH is 2. The molecule has 0 aromatic carbocycles. The zero-order valence-electron chi connectivity index (χ0n) is 39.2. The molecule has 3 unspecified atom stereocenters. The fraction of sp³-hybridized carbons (Fsp3) is 0.636. The lowest BCUT2D eigenvalue weighted by Crippen LogP contribution is -2.46. The molecule has 6 nitrogen and oxygen atoms in total. The molecule has 61 heavy (non-hydrogen) atoms. The summed E-state index contributed by atoms with van der Waals surface area (Å²) >= 11 is 0. The molecular formula is C55H91NO5. The van der Waals surface area contributed by atoms with Gasteiger partial charge in [-0.25, -0.2) is 0 Å². The summed E-state index contributed by atoms with van der Waals surface area (Å²) in [5.74, 6) is -0.655. The minimum atomic E-state index is -0.829. The van der Waals surface area contributed by atoms with E-state index in [1.54, 1.807) is 0 Å². The van der Waals surface area contributed by atoms with Crippen LogP contribution in [-0.4, -0.2) is 46.9 Å². The summed E-state index contributed by atoms with van der Waals surface area (Å²) in [6, 6.07) is -0.752. The van der Waals surface area contributed by atoms with Crippen molar-refractivity contribution in [2.75, 3.05) is 6.61 Å². The summed E-state index contributed by atoms with van der Waals surface area (Å²) in [4.78, 5) is 26.0. The molecule has 0 aliphatic rings. The maximum atomic E-state index is 13.1. The van der Waals surface area contributed by atoms with Crippen LogP contribution in [0.2, 0.25) is 0 Å². The molecule has 0 bridgehead atoms. The van der Waals surface area contributed by atoms with Gasteiger partial charge in [0.2, 0.25) is 5.91 Å². The van der Waals surface area contributed by atoms with Crippen molar-refractivity contribution in [2.45, 2.75) is 219 Å². The highest BCUT2D eigenvalue weighted by Gasteiger charge is 2.23. The monoisotopic (exact) mass is 846 g/mol. The summed E-state index contributed by atoms with van der Waals surface area (Å²) < 4.78 is 5.82. The number of hydrogen-bond acceptors (Lipinski definition) is 5. The number of ether oxygens (including phenoxy) is 1. The van der Waals surface area contributed by atoms with E-state index in [0.29, 0.717) is 19.3 Å². The number of nitrogens with one attached hydrogen (secondary N) is 1. The molecule has 0 aromatic heterocycles. The number of carbonyl (C=O) groups excluding carboxylic acids is 2. The van der Waals surface area contributed by atoms with Crippen LogP contribution in [0.5, 0.6) is 0 Å². The van der Waals surface area contributed by atoms with Crippen LogP contribution in [0, 0.1) is 0 Å². The Labute approximate surface area is 375 Å². The second-order valence-electron chi connectivity index (χ2n) is 16.3. The lowest BCUT2D eigenvalue weighted by molar-refractivity contribution is -0.150. The van der Waals surface area contributed by atoms with Gasteiger partial charge in [0.15, 0.2) is 0 Å². The molecule has 0 aromatic rings. The standard InChI is InChI=1S/C55H91NO5/c1-4-7-10-13-16-19-22-24-25-26-27-28-29-30-33-36-39-42-45-48-55(60)61-51(46-43-40-37-34-31-21-18-15-12-9-6-3)49-54(59)56-52(50-57)53(58)47-44-41-38-35-32-23-20-17-14-11-8-5-2/h9,12,15-16,18-19,21,24-25,27-28,30-31,33-34,37,40,43,51-53,57-58H,4-8,10-11,13-14,17,20,22-23,26,29,32,35-36,38-39,41-42,44-50H2,1-3H3,(H,56,59)/b12-9+,18-15+,19-16-,25-24-,28-27-,31-21-,33-30-,37-34-,43-40+. The first-order valence-electron chi connectivity index (χ1n) is 24.7. The fourth-order valence-electron chi connectivity index (χ4n) is 6.73. The first-order valence-corrected chi connectivity index (χ1v) is 24.7. The summed E-state index contributed by atoms with van der Waals surface area (Å²) in [6.45, 7) is 6.24. The second kappa shape index (κ2) is 47.6. The quantitative estimate of drug-likeness (QED) is 0.0246. The third-order valence-corrected chi connectivity index (χ3v) is 10.5. The SMILES string of the molecule is CC/C=C/C=C/C=C\C=C/C=C/CC(CC(=O)NC(CO)C(O)CCCCCCCCCCCCCC)OC(=O)CCCCC/C=C\C/C=C\C/C=C\C/C=C\CCCCC. The van der Waals surface area contributed by atoms with Gasteiger partial charge in [-0.05, 0) is 64.2 Å². The van der Waals surface area contributed by atoms with Crippen molar-refractivity contribution in [2.24, 2.45) is 0 Å². The maximum Gasteiger partial charge on any atom is 0.306 e. The van der Waals surface area contributed by atoms with E-state index in [9.17, 15) is 19.8 Å². The molecular weight excluding hydrogens is 755 g/mol. The lowest BCUT2D eigenvalue weighted by Gasteiger charge is -2.24. The Morgan fingerprint density at radius 2 is 0.967 bits per heavy atom. The van der Waals surface area contributed by atoms with E-state index in [-0.39, 0.29) is 24.9 Å². The van der Waals surface area contributed by atoms with Gasteiger partial charge in [0.05, 0.1) is 25.2 Å². The number of esters is 1. The van der Waals surface area contributed by atoms with Crippen LogP contribution in [0.4, 0.5) is 0 Å². The van der Waals surface area contributed by atoms with E-state index in [0.717, 1.165) is 70.6 Å². The van der Waals surface area contributed by atoms with E-state index < -0.39 is 18.2 Å². The first-order chi connectivity index (χ1) is 30.0. The number of aliphatic hydroxyl groups is 2. The minimum Gasteiger partial charge on any atom is -0.461 e. The average molecular weight is 846 g/mol. The zero-order valence-corrected chi connectivity index (χ0v) is 39.2. The smallest absolute Gasteiger partial charge is 0.306 e. The Balaban J connectivity index is 4.73. The number of allylic oxidation sites excluding steroid dienone is 17. The number of hydrogen-bond donors (Lipinski definition) is 3. The number of rotatable bonds is 42. The Morgan fingerprint density at radius 1 is 0.525 bits per heavy atom. The molecule has 0 aliphatic heterocycles. The van der Waals surface area contributed by atoms with E-state index in [2.05, 4.69) is 80.8 Å². The van der Waals surface area contributed by atoms with Crippen LogP contribution in [0.25, 0.3) is 0 Å². The zero-order chi connectivity index (χ0) is 44.5. The van der Waals surface area contributed by atoms with Crippen molar-refractivity contribution >= 4 is 11.9 Å². The summed E-state index contributed by atoms with van der Waals surface area (Å²) in [6.07, 6.45) is 64.6. The van der Waals surface area contributed by atoms with Crippen LogP contribution in [0.15, 0.2) is 109 Å². The maximum absolute atomic E-state index is 13.1. The Kier molecular flexibility index (Phi) is 44.9. The summed E-state index contributed by atoms with van der Waals surface area (Å²) in [5, 5.41) is 23.6. The van der Waals surface area contributed by atoms with Gasteiger partial charge in [0.1, 0.15) is 6.10 Å². The van der Waals surface area contributed by atoms with Crippen molar-refractivity contribution in [1.29, 1.82) is 0 Å². The number of unbranched alkanes of at least 4 members (excludes halogenated alkanes) is 17. The predicted molar refractivity (Wildman–Crippen MR) is 263 cm³/mol. The van der Waals surface area contributed by atoms with Crippen molar-refractivity contribution in [3.05, 3.63) is 109 Å². The van der Waals surface area contributed by atoms with Crippen LogP contribution >= 0.6 is 0 Å². The topological polar surface area (TPSA) is 95.9 Å². The number of carbonyl (C=O) groups is 2. The van der Waals surface area contributed by atoms with Crippen molar-refractivity contribution < 1.29 is 24.5 Å². The van der Waals surface area contributed by atoms with Crippen LogP contribution in [0.3, 0.4) is 0 Å². The molecule has 3 N–H and O–H groups in total. The largest absolute Gasteiger partial charge is 0.461 e. The van der Waals surface area contributed by atoms with E-state index in [1.165, 1.54) is 83.5 Å². The highest BCUT2D eigenvalue weighted by molar-refractivity contribution is 5.77. The normalized spacial score (nSPS) is 14.2. The predicted octanol–water partition coefficient (Wildman–Crippen LogP) is 14.7. The molecule has 0 saturated carbocycles. The number of amides is 1. The van der Waals surface area contributed by atoms with Gasteiger partial charge in [-0.2, -0.15) is 0 Å². The lowest BCUT2D eigenvalue weighted by atomic mass is 10.0. The Hall–Kier alpha value is -3.48. The van der Waals surface area contributed by atoms with E-state index >= 15 is 0 Å². The minimum absolute atomic E-state index is 0.0380. The molecule has 0 fully saturated rings. The van der Waals surface area contributed by atoms with Crippen LogP contribution < -0.4 is 5.32 Å². The molecule has 0 radical (unpaired) electrons. The van der Waals surface area contributed by atoms with Crippen LogP contribution in [0.1, 0.15) is 201 Å². The van der Waals surface area contributed by atoms with Gasteiger partial charge in [-0.15, -0.1) is 0 Å². The highest BCUT2D eigenvalue weighted by atomic mass is 16.5. The Morgan fingerprint density at radius 3 is 1.49 bits per heavy atom. The molecule has 0 aliphatic carbocycles. The van der Waals surface area contributed by atoms with Crippen molar-refractivity contribution in [1.82, 2.24) is 5.32 Å². The molecule has 0 spiro atoms. The molecule has 0 saturated heterocycles. The third kappa shape index (κ3) is 43.0. The molecule has 6 heteroatoms. The average Bonchev–Trinajstić information content (AvgIpc) is 3.25. The van der Waals surface area contributed by atoms with Gasteiger partial charge in [-0.1, -0.05) is 226 Å². The summed E-state index contributed by atoms with van der Waals surface area (Å²) in [5.41, 5.74) is 0. The molecule has 346 valence electrons.